The number of hydrogen-bond donors (Lipinski definition) is 4. The van der Waals surface area contributed by atoms with Crippen LogP contribution in [-0.4, -0.2) is 51.1 Å². The average Bonchev–Trinajstić information content (AvgIpc) is 2.16. The number of carboxylic acid groups (broad SMARTS) is 2. The van der Waals surface area contributed by atoms with Gasteiger partial charge in [0.25, 0.3) is 0 Å². The van der Waals surface area contributed by atoms with Gasteiger partial charge in [-0.05, 0) is 6.42 Å². The molecule has 7 nitrogen and oxygen atoms in total. The van der Waals surface area contributed by atoms with Crippen LogP contribution >= 0.6 is 0 Å². The molecule has 0 saturated heterocycles. The van der Waals surface area contributed by atoms with Crippen LogP contribution in [0.1, 0.15) is 19.8 Å². The summed E-state index contributed by atoms with van der Waals surface area (Å²) < 4.78 is 0. The van der Waals surface area contributed by atoms with Crippen molar-refractivity contribution in [2.45, 2.75) is 25.3 Å². The third kappa shape index (κ3) is 2.57. The number of nitrogens with zero attached hydrogens (tertiary/aromatic N) is 1. The van der Waals surface area contributed by atoms with Crippen LogP contribution in [-0.2, 0) is 4.79 Å². The Labute approximate surface area is 87.1 Å². The highest BCUT2D eigenvalue weighted by Gasteiger charge is 2.44. The number of nitrogens with two attached hydrogens (primary N) is 1. The molecule has 0 aromatic heterocycles. The van der Waals surface area contributed by atoms with E-state index < -0.39 is 30.9 Å². The fourth-order valence-corrected chi connectivity index (χ4v) is 1.50. The van der Waals surface area contributed by atoms with Crippen molar-refractivity contribution in [3.8, 4) is 0 Å². The minimum Gasteiger partial charge on any atom is -0.479 e. The van der Waals surface area contributed by atoms with Gasteiger partial charge in [0.2, 0.25) is 0 Å². The molecule has 0 aromatic carbocycles. The molecule has 15 heavy (non-hydrogen) atoms. The van der Waals surface area contributed by atoms with Crippen molar-refractivity contribution in [2.24, 2.45) is 5.73 Å². The molecule has 0 aliphatic carbocycles. The number of carbonyl (C=O) groups is 2. The maximum absolute atomic E-state index is 11.1. The summed E-state index contributed by atoms with van der Waals surface area (Å²) in [5.41, 5.74) is 3.56. The number of aliphatic carboxylic acids is 1. The smallest absolute Gasteiger partial charge is 0.409 e. The second-order valence-corrected chi connectivity index (χ2v) is 3.06. The van der Waals surface area contributed by atoms with E-state index in [1.165, 1.54) is 6.92 Å². The van der Waals surface area contributed by atoms with Gasteiger partial charge in [-0.2, -0.15) is 0 Å². The first-order chi connectivity index (χ1) is 6.96. The number of rotatable bonds is 6. The second kappa shape index (κ2) is 5.52. The molecule has 0 fully saturated rings. The quantitative estimate of drug-likeness (QED) is 0.447. The number of carboxylic acids is 1. The summed E-state index contributed by atoms with van der Waals surface area (Å²) in [7, 11) is 0. The van der Waals surface area contributed by atoms with Gasteiger partial charge in [-0.25, -0.2) is 9.59 Å². The largest absolute Gasteiger partial charge is 0.479 e. The fourth-order valence-electron chi connectivity index (χ4n) is 1.50. The van der Waals surface area contributed by atoms with E-state index in [0.29, 0.717) is 4.90 Å². The van der Waals surface area contributed by atoms with Crippen LogP contribution in [0.15, 0.2) is 0 Å². The van der Waals surface area contributed by atoms with Gasteiger partial charge >= 0.3 is 12.1 Å². The van der Waals surface area contributed by atoms with E-state index in [9.17, 15) is 9.59 Å². The van der Waals surface area contributed by atoms with E-state index in [2.05, 4.69) is 0 Å². The second-order valence-electron chi connectivity index (χ2n) is 3.06. The molecule has 1 amide bonds. The van der Waals surface area contributed by atoms with Crippen LogP contribution in [0.2, 0.25) is 0 Å². The molecule has 0 heterocycles. The van der Waals surface area contributed by atoms with Crippen molar-refractivity contribution in [1.82, 2.24) is 4.90 Å². The predicted octanol–water partition coefficient (Wildman–Crippen LogP) is -0.502. The number of aliphatic hydroxyl groups is 1. The minimum absolute atomic E-state index is 0.0480. The monoisotopic (exact) mass is 220 g/mol. The molecular formula is C8H16N2O5. The van der Waals surface area contributed by atoms with E-state index in [-0.39, 0.29) is 12.8 Å². The van der Waals surface area contributed by atoms with Gasteiger partial charge in [-0.3, -0.25) is 4.90 Å². The lowest BCUT2D eigenvalue weighted by Crippen LogP contribution is -2.58. The van der Waals surface area contributed by atoms with Gasteiger partial charge in [0, 0.05) is 13.0 Å². The Hall–Kier alpha value is -1.34. The summed E-state index contributed by atoms with van der Waals surface area (Å²) in [6.07, 6.45) is -1.54. The Balaban J connectivity index is 5.19. The summed E-state index contributed by atoms with van der Waals surface area (Å²) >= 11 is 0. The Bertz CT molecular complexity index is 245. The molecule has 0 saturated carbocycles. The zero-order valence-electron chi connectivity index (χ0n) is 8.51. The van der Waals surface area contributed by atoms with E-state index in [4.69, 9.17) is 21.1 Å². The first kappa shape index (κ1) is 13.7. The molecule has 5 N–H and O–H groups in total. The summed E-state index contributed by atoms with van der Waals surface area (Å²) in [5.74, 6) is -1.30. The van der Waals surface area contributed by atoms with Crippen molar-refractivity contribution in [2.75, 3.05) is 13.3 Å². The molecule has 88 valence electrons. The van der Waals surface area contributed by atoms with Crippen LogP contribution in [0.25, 0.3) is 0 Å². The van der Waals surface area contributed by atoms with Gasteiger partial charge < -0.3 is 21.1 Å². The van der Waals surface area contributed by atoms with Gasteiger partial charge in [-0.15, -0.1) is 0 Å². The number of aliphatic hydroxyl groups excluding tert-OH is 1. The minimum atomic E-state index is -1.64. The van der Waals surface area contributed by atoms with Crippen molar-refractivity contribution >= 4 is 12.1 Å². The highest BCUT2D eigenvalue weighted by atomic mass is 16.4. The first-order valence-electron chi connectivity index (χ1n) is 4.51. The first-order valence-corrected chi connectivity index (χ1v) is 4.51. The molecule has 7 heteroatoms. The zero-order chi connectivity index (χ0) is 12.1. The standard InChI is InChI=1S/C8H16N2O5/c1-2-8(3-4-11,6(12)13)10(5-9)7(14)15/h11H,2-5,9H2,1H3,(H,12,13)(H,14,15). The molecule has 0 spiro atoms. The van der Waals surface area contributed by atoms with Crippen LogP contribution in [0.3, 0.4) is 0 Å². The van der Waals surface area contributed by atoms with E-state index in [1.54, 1.807) is 0 Å². The van der Waals surface area contributed by atoms with E-state index in [1.807, 2.05) is 0 Å². The van der Waals surface area contributed by atoms with Gasteiger partial charge in [0.05, 0.1) is 6.67 Å². The van der Waals surface area contributed by atoms with Crippen molar-refractivity contribution in [1.29, 1.82) is 0 Å². The Morgan fingerprint density at radius 1 is 1.40 bits per heavy atom. The lowest BCUT2D eigenvalue weighted by atomic mass is 9.90. The van der Waals surface area contributed by atoms with Crippen LogP contribution in [0, 0.1) is 0 Å². The van der Waals surface area contributed by atoms with Crippen molar-refractivity contribution < 1.29 is 24.9 Å². The molecule has 0 aliphatic rings. The molecular weight excluding hydrogens is 204 g/mol. The molecule has 1 unspecified atom stereocenters. The maximum Gasteiger partial charge on any atom is 0.409 e. The Kier molecular flexibility index (Phi) is 5.03. The topological polar surface area (TPSA) is 124 Å². The van der Waals surface area contributed by atoms with E-state index >= 15 is 0 Å². The zero-order valence-corrected chi connectivity index (χ0v) is 8.51. The maximum atomic E-state index is 11.1. The Morgan fingerprint density at radius 2 is 1.93 bits per heavy atom. The van der Waals surface area contributed by atoms with Crippen LogP contribution < -0.4 is 5.73 Å². The summed E-state index contributed by atoms with van der Waals surface area (Å²) in [6, 6.07) is 0. The van der Waals surface area contributed by atoms with Gasteiger partial charge in [0.15, 0.2) is 0 Å². The van der Waals surface area contributed by atoms with Gasteiger partial charge in [-0.1, -0.05) is 6.92 Å². The molecule has 0 bridgehead atoms. The third-order valence-electron chi connectivity index (χ3n) is 2.44. The molecule has 1 atom stereocenters. The summed E-state index contributed by atoms with van der Waals surface area (Å²) in [4.78, 5) is 22.5. The molecule has 0 radical (unpaired) electrons. The summed E-state index contributed by atoms with van der Waals surface area (Å²) in [6.45, 7) is 0.703. The summed E-state index contributed by atoms with van der Waals surface area (Å²) in [5, 5.41) is 26.6. The predicted molar refractivity (Wildman–Crippen MR) is 51.3 cm³/mol. The SMILES string of the molecule is CCC(CCO)(C(=O)O)N(CN)C(=O)O. The average molecular weight is 220 g/mol. The lowest BCUT2D eigenvalue weighted by Gasteiger charge is -2.36. The highest BCUT2D eigenvalue weighted by Crippen LogP contribution is 2.23. The molecule has 0 aliphatic heterocycles. The third-order valence-corrected chi connectivity index (χ3v) is 2.44. The number of amides is 1. The molecule has 0 rings (SSSR count). The van der Waals surface area contributed by atoms with E-state index in [0.717, 1.165) is 0 Å². The fraction of sp³-hybridized carbons (Fsp3) is 0.750. The Morgan fingerprint density at radius 3 is 2.13 bits per heavy atom. The van der Waals surface area contributed by atoms with Crippen molar-refractivity contribution in [3.63, 3.8) is 0 Å². The lowest BCUT2D eigenvalue weighted by molar-refractivity contribution is -0.151. The van der Waals surface area contributed by atoms with Crippen LogP contribution in [0.4, 0.5) is 4.79 Å². The number of hydrogen-bond acceptors (Lipinski definition) is 4. The van der Waals surface area contributed by atoms with Gasteiger partial charge in [0.1, 0.15) is 5.54 Å². The molecule has 0 aromatic rings. The van der Waals surface area contributed by atoms with Crippen molar-refractivity contribution in [3.05, 3.63) is 0 Å². The normalized spacial score (nSPS) is 14.3. The van der Waals surface area contributed by atoms with Crippen LogP contribution in [0.5, 0.6) is 0 Å². The highest BCUT2D eigenvalue weighted by molar-refractivity contribution is 5.83.